The molecule has 184 valence electrons. The highest BCUT2D eigenvalue weighted by molar-refractivity contribution is 6.25. The molecule has 0 aliphatic heterocycles. The number of hydrogen-bond donors (Lipinski definition) is 0. The summed E-state index contributed by atoms with van der Waals surface area (Å²) in [6, 6.07) is 49.4. The second-order valence-corrected chi connectivity index (χ2v) is 11.3. The summed E-state index contributed by atoms with van der Waals surface area (Å²) in [5, 5.41) is 7.86. The summed E-state index contributed by atoms with van der Waals surface area (Å²) in [6.45, 7) is 4.68. The Balaban J connectivity index is 1.35. The summed E-state index contributed by atoms with van der Waals surface area (Å²) in [4.78, 5) is 0. The van der Waals surface area contributed by atoms with Crippen LogP contribution in [-0.2, 0) is 5.41 Å². The van der Waals surface area contributed by atoms with Gasteiger partial charge in [0.05, 0.1) is 0 Å². The molecule has 0 unspecified atom stereocenters. The van der Waals surface area contributed by atoms with Gasteiger partial charge in [0, 0.05) is 5.41 Å². The second kappa shape index (κ2) is 8.16. The van der Waals surface area contributed by atoms with Gasteiger partial charge in [0.1, 0.15) is 0 Å². The zero-order chi connectivity index (χ0) is 26.1. The molecular weight excluding hydrogens is 468 g/mol. The minimum absolute atomic E-state index is 0.0200. The lowest BCUT2D eigenvalue weighted by molar-refractivity contribution is 0.660. The van der Waals surface area contributed by atoms with Gasteiger partial charge in [-0.2, -0.15) is 0 Å². The maximum Gasteiger partial charge on any atom is 0.0158 e. The molecule has 7 aromatic rings. The van der Waals surface area contributed by atoms with Gasteiger partial charge in [-0.3, -0.25) is 0 Å². The van der Waals surface area contributed by atoms with Crippen LogP contribution in [0.2, 0.25) is 0 Å². The molecule has 1 aliphatic carbocycles. The monoisotopic (exact) mass is 496 g/mol. The molecule has 0 spiro atoms. The molecule has 39 heavy (non-hydrogen) atoms. The first-order valence-electron chi connectivity index (χ1n) is 13.8. The maximum absolute atomic E-state index is 2.41. The van der Waals surface area contributed by atoms with Crippen molar-refractivity contribution in [2.24, 2.45) is 0 Å². The largest absolute Gasteiger partial charge is 0.0619 e. The minimum atomic E-state index is 0.0200. The van der Waals surface area contributed by atoms with Crippen LogP contribution in [-0.4, -0.2) is 0 Å². The van der Waals surface area contributed by atoms with Gasteiger partial charge in [-0.1, -0.05) is 135 Å². The maximum atomic E-state index is 2.41. The molecule has 8 rings (SSSR count). The topological polar surface area (TPSA) is 0 Å². The average molecular weight is 497 g/mol. The Morgan fingerprint density at radius 1 is 0.333 bits per heavy atom. The van der Waals surface area contributed by atoms with E-state index in [-0.39, 0.29) is 5.41 Å². The van der Waals surface area contributed by atoms with E-state index in [1.165, 1.54) is 76.8 Å². The van der Waals surface area contributed by atoms with Gasteiger partial charge in [-0.05, 0) is 89.0 Å². The molecule has 0 amide bonds. The fourth-order valence-electron chi connectivity index (χ4n) is 6.95. The van der Waals surface area contributed by atoms with Gasteiger partial charge >= 0.3 is 0 Å². The van der Waals surface area contributed by atoms with E-state index in [1.54, 1.807) is 0 Å². The quantitative estimate of drug-likeness (QED) is 0.209. The van der Waals surface area contributed by atoms with Crippen LogP contribution in [0.4, 0.5) is 0 Å². The van der Waals surface area contributed by atoms with Crippen LogP contribution in [0.5, 0.6) is 0 Å². The van der Waals surface area contributed by atoms with Gasteiger partial charge < -0.3 is 0 Å². The molecule has 0 heteroatoms. The lowest BCUT2D eigenvalue weighted by Crippen LogP contribution is -2.14. The van der Waals surface area contributed by atoms with E-state index in [4.69, 9.17) is 0 Å². The Morgan fingerprint density at radius 2 is 0.769 bits per heavy atom. The van der Waals surface area contributed by atoms with Crippen LogP contribution in [0.3, 0.4) is 0 Å². The predicted molar refractivity (Wildman–Crippen MR) is 167 cm³/mol. The summed E-state index contributed by atoms with van der Waals surface area (Å²) in [5.74, 6) is 0. The number of hydrogen-bond acceptors (Lipinski definition) is 0. The summed E-state index contributed by atoms with van der Waals surface area (Å²) < 4.78 is 0. The predicted octanol–water partition coefficient (Wildman–Crippen LogP) is 10.8. The number of benzene rings is 7. The van der Waals surface area contributed by atoms with Gasteiger partial charge in [0.15, 0.2) is 0 Å². The normalized spacial score (nSPS) is 13.6. The van der Waals surface area contributed by atoms with Crippen molar-refractivity contribution >= 4 is 32.3 Å². The number of rotatable bonds is 2. The fourth-order valence-corrected chi connectivity index (χ4v) is 6.95. The Labute approximate surface area is 229 Å². The lowest BCUT2D eigenvalue weighted by atomic mass is 9.82. The molecule has 0 radical (unpaired) electrons. The van der Waals surface area contributed by atoms with Gasteiger partial charge in [-0.15, -0.1) is 0 Å². The van der Waals surface area contributed by atoms with E-state index in [1.807, 2.05) is 0 Å². The Morgan fingerprint density at radius 3 is 1.41 bits per heavy atom. The zero-order valence-electron chi connectivity index (χ0n) is 22.2. The van der Waals surface area contributed by atoms with Gasteiger partial charge in [0.25, 0.3) is 0 Å². The first-order chi connectivity index (χ1) is 19.1. The second-order valence-electron chi connectivity index (χ2n) is 11.3. The highest BCUT2D eigenvalue weighted by Crippen LogP contribution is 2.50. The van der Waals surface area contributed by atoms with Crippen LogP contribution in [0.1, 0.15) is 25.0 Å². The van der Waals surface area contributed by atoms with Crippen molar-refractivity contribution in [1.29, 1.82) is 0 Å². The van der Waals surface area contributed by atoms with Gasteiger partial charge in [0.2, 0.25) is 0 Å². The average Bonchev–Trinajstić information content (AvgIpc) is 3.23. The molecule has 0 heterocycles. The van der Waals surface area contributed by atoms with E-state index in [9.17, 15) is 0 Å². The van der Waals surface area contributed by atoms with E-state index < -0.39 is 0 Å². The van der Waals surface area contributed by atoms with Crippen LogP contribution >= 0.6 is 0 Å². The molecule has 0 N–H and O–H groups in total. The summed E-state index contributed by atoms with van der Waals surface area (Å²) >= 11 is 0. The number of fused-ring (bicyclic) bond motifs is 9. The summed E-state index contributed by atoms with van der Waals surface area (Å²) in [5.41, 5.74) is 10.6. The van der Waals surface area contributed by atoms with Crippen LogP contribution in [0, 0.1) is 0 Å². The van der Waals surface area contributed by atoms with Gasteiger partial charge in [-0.25, -0.2) is 0 Å². The summed E-state index contributed by atoms with van der Waals surface area (Å²) in [7, 11) is 0. The van der Waals surface area contributed by atoms with Crippen molar-refractivity contribution in [2.75, 3.05) is 0 Å². The minimum Gasteiger partial charge on any atom is -0.0619 e. The third kappa shape index (κ3) is 3.18. The SMILES string of the molecule is CC1(C)c2ccccc2-c2cc(-c3ccccc3-c3ccc4c5ccccc5c5ccccc5c4c3)ccc21. The molecular formula is C39H28. The third-order valence-electron chi connectivity index (χ3n) is 8.88. The first kappa shape index (κ1) is 22.3. The smallest absolute Gasteiger partial charge is 0.0158 e. The highest BCUT2D eigenvalue weighted by Gasteiger charge is 2.35. The van der Waals surface area contributed by atoms with Crippen molar-refractivity contribution in [3.63, 3.8) is 0 Å². The zero-order valence-corrected chi connectivity index (χ0v) is 22.2. The Bertz CT molecular complexity index is 2060. The Hall–Kier alpha value is -4.68. The van der Waals surface area contributed by atoms with Crippen LogP contribution in [0.15, 0.2) is 133 Å². The first-order valence-corrected chi connectivity index (χ1v) is 13.8. The molecule has 0 nitrogen and oxygen atoms in total. The molecule has 0 bridgehead atoms. The molecule has 0 saturated heterocycles. The summed E-state index contributed by atoms with van der Waals surface area (Å²) in [6.07, 6.45) is 0. The van der Waals surface area contributed by atoms with E-state index in [0.717, 1.165) is 0 Å². The van der Waals surface area contributed by atoms with Crippen LogP contribution in [0.25, 0.3) is 65.7 Å². The molecule has 1 aliphatic rings. The molecule has 7 aromatic carbocycles. The standard InChI is InChI=1S/C39H28/c1-39(2)37-18-10-9-17-34(37)36-24-26(20-22-38(36)39)28-12-4-3-11-27(28)25-19-21-33-31-15-6-5-13-29(31)30-14-7-8-16-32(30)35(33)23-25/h3-24H,1-2H3. The third-order valence-corrected chi connectivity index (χ3v) is 8.88. The van der Waals surface area contributed by atoms with Crippen molar-refractivity contribution < 1.29 is 0 Å². The lowest BCUT2D eigenvalue weighted by Gasteiger charge is -2.21. The van der Waals surface area contributed by atoms with E-state index in [0.29, 0.717) is 0 Å². The van der Waals surface area contributed by atoms with Crippen LogP contribution < -0.4 is 0 Å². The highest BCUT2D eigenvalue weighted by atomic mass is 14.4. The Kier molecular flexibility index (Phi) is 4.67. The molecule has 0 aromatic heterocycles. The molecule has 0 fully saturated rings. The van der Waals surface area contributed by atoms with Crippen molar-refractivity contribution in [1.82, 2.24) is 0 Å². The van der Waals surface area contributed by atoms with E-state index in [2.05, 4.69) is 147 Å². The van der Waals surface area contributed by atoms with E-state index >= 15 is 0 Å². The van der Waals surface area contributed by atoms with Crippen molar-refractivity contribution in [3.05, 3.63) is 145 Å². The molecule has 0 atom stereocenters. The van der Waals surface area contributed by atoms with Crippen molar-refractivity contribution in [2.45, 2.75) is 19.3 Å². The van der Waals surface area contributed by atoms with Crippen molar-refractivity contribution in [3.8, 4) is 33.4 Å². The fraction of sp³-hybridized carbons (Fsp3) is 0.0769. The molecule has 0 saturated carbocycles.